The normalized spacial score (nSPS) is 18.2. The van der Waals surface area contributed by atoms with E-state index in [-0.39, 0.29) is 11.9 Å². The average molecular weight is 321 g/mol. The SMILES string of the molecule is NC1Cc2ccccc2N(C(=O)c2ccoc2Br)C1. The highest BCUT2D eigenvalue weighted by molar-refractivity contribution is 9.10. The Morgan fingerprint density at radius 3 is 2.89 bits per heavy atom. The molecule has 5 heteroatoms. The number of benzene rings is 1. The second kappa shape index (κ2) is 4.83. The number of anilines is 1. The number of nitrogens with two attached hydrogens (primary N) is 1. The van der Waals surface area contributed by atoms with Crippen LogP contribution < -0.4 is 10.6 Å². The molecule has 1 aliphatic rings. The summed E-state index contributed by atoms with van der Waals surface area (Å²) in [6.45, 7) is 0.521. The zero-order valence-electron chi connectivity index (χ0n) is 10.2. The van der Waals surface area contributed by atoms with Crippen molar-refractivity contribution >= 4 is 27.5 Å². The molecule has 2 N–H and O–H groups in total. The number of amides is 1. The molecule has 1 unspecified atom stereocenters. The number of para-hydroxylation sites is 1. The first kappa shape index (κ1) is 12.4. The number of nitrogens with zero attached hydrogens (tertiary/aromatic N) is 1. The Bertz CT molecular complexity index is 623. The minimum Gasteiger partial charge on any atom is -0.457 e. The molecule has 1 aliphatic heterocycles. The first-order valence-electron chi connectivity index (χ1n) is 6.05. The van der Waals surface area contributed by atoms with Crippen molar-refractivity contribution in [2.45, 2.75) is 12.5 Å². The highest BCUT2D eigenvalue weighted by Crippen LogP contribution is 2.29. The Hall–Kier alpha value is -1.59. The van der Waals surface area contributed by atoms with Crippen LogP contribution in [0.3, 0.4) is 0 Å². The van der Waals surface area contributed by atoms with E-state index < -0.39 is 0 Å². The highest BCUT2D eigenvalue weighted by Gasteiger charge is 2.28. The minimum absolute atomic E-state index is 0.0375. The molecule has 4 nitrogen and oxygen atoms in total. The zero-order chi connectivity index (χ0) is 13.4. The molecule has 1 aromatic heterocycles. The molecule has 0 saturated carbocycles. The maximum absolute atomic E-state index is 12.6. The third-order valence-corrected chi connectivity index (χ3v) is 3.89. The van der Waals surface area contributed by atoms with Crippen LogP contribution in [0.15, 0.2) is 45.7 Å². The van der Waals surface area contributed by atoms with E-state index in [1.165, 1.54) is 6.26 Å². The van der Waals surface area contributed by atoms with Gasteiger partial charge in [0.2, 0.25) is 0 Å². The van der Waals surface area contributed by atoms with Gasteiger partial charge in [-0.05, 0) is 40.0 Å². The predicted octanol–water partition coefficient (Wildman–Crippen LogP) is 2.57. The summed E-state index contributed by atoms with van der Waals surface area (Å²) in [7, 11) is 0. The van der Waals surface area contributed by atoms with Gasteiger partial charge in [0.05, 0.1) is 11.8 Å². The number of hydrogen-bond acceptors (Lipinski definition) is 3. The second-order valence-electron chi connectivity index (χ2n) is 4.62. The molecular weight excluding hydrogens is 308 g/mol. The fourth-order valence-electron chi connectivity index (χ4n) is 2.41. The Labute approximate surface area is 119 Å². The lowest BCUT2D eigenvalue weighted by Crippen LogP contribution is -2.46. The zero-order valence-corrected chi connectivity index (χ0v) is 11.8. The van der Waals surface area contributed by atoms with Crippen LogP contribution in [0.5, 0.6) is 0 Å². The monoisotopic (exact) mass is 320 g/mol. The summed E-state index contributed by atoms with van der Waals surface area (Å²) in [4.78, 5) is 14.3. The van der Waals surface area contributed by atoms with Crippen LogP contribution >= 0.6 is 15.9 Å². The van der Waals surface area contributed by atoms with Crippen LogP contribution in [0.4, 0.5) is 5.69 Å². The van der Waals surface area contributed by atoms with Gasteiger partial charge in [0.15, 0.2) is 4.67 Å². The van der Waals surface area contributed by atoms with Gasteiger partial charge in [-0.15, -0.1) is 0 Å². The van der Waals surface area contributed by atoms with Gasteiger partial charge >= 0.3 is 0 Å². The number of carbonyl (C=O) groups excluding carboxylic acids is 1. The summed E-state index contributed by atoms with van der Waals surface area (Å²) in [5, 5.41) is 0. The van der Waals surface area contributed by atoms with Crippen molar-refractivity contribution in [1.29, 1.82) is 0 Å². The molecule has 0 radical (unpaired) electrons. The summed E-state index contributed by atoms with van der Waals surface area (Å²) in [6, 6.07) is 9.49. The van der Waals surface area contributed by atoms with Gasteiger partial charge < -0.3 is 15.1 Å². The highest BCUT2D eigenvalue weighted by atomic mass is 79.9. The summed E-state index contributed by atoms with van der Waals surface area (Å²) in [5.74, 6) is -0.0942. The molecule has 1 atom stereocenters. The van der Waals surface area contributed by atoms with Crippen LogP contribution in [0, 0.1) is 0 Å². The summed E-state index contributed by atoms with van der Waals surface area (Å²) in [5.41, 5.74) is 8.60. The second-order valence-corrected chi connectivity index (χ2v) is 5.34. The molecule has 98 valence electrons. The number of furan rings is 1. The molecular formula is C14H13BrN2O2. The molecule has 0 saturated heterocycles. The van der Waals surface area contributed by atoms with E-state index in [2.05, 4.69) is 15.9 Å². The molecule has 19 heavy (non-hydrogen) atoms. The molecule has 0 bridgehead atoms. The molecule has 3 rings (SSSR count). The Balaban J connectivity index is 2.02. The topological polar surface area (TPSA) is 59.5 Å². The van der Waals surface area contributed by atoms with Crippen molar-refractivity contribution < 1.29 is 9.21 Å². The molecule has 2 aromatic rings. The van der Waals surface area contributed by atoms with Crippen LogP contribution in [-0.4, -0.2) is 18.5 Å². The third-order valence-electron chi connectivity index (χ3n) is 3.28. The van der Waals surface area contributed by atoms with Gasteiger partial charge in [-0.3, -0.25) is 4.79 Å². The van der Waals surface area contributed by atoms with E-state index in [1.807, 2.05) is 24.3 Å². The lowest BCUT2D eigenvalue weighted by molar-refractivity contribution is 0.0981. The number of halogens is 1. The van der Waals surface area contributed by atoms with Crippen LogP contribution in [0.2, 0.25) is 0 Å². The van der Waals surface area contributed by atoms with Crippen molar-refractivity contribution in [3.8, 4) is 0 Å². The molecule has 0 aliphatic carbocycles. The van der Waals surface area contributed by atoms with Crippen molar-refractivity contribution in [2.75, 3.05) is 11.4 Å². The smallest absolute Gasteiger partial charge is 0.262 e. The van der Waals surface area contributed by atoms with Gasteiger partial charge in [-0.25, -0.2) is 0 Å². The quantitative estimate of drug-likeness (QED) is 0.878. The van der Waals surface area contributed by atoms with Crippen molar-refractivity contribution in [3.63, 3.8) is 0 Å². The van der Waals surface area contributed by atoms with Gasteiger partial charge in [0.25, 0.3) is 5.91 Å². The standard InChI is InChI=1S/C14H13BrN2O2/c15-13-11(5-6-19-13)14(18)17-8-10(16)7-9-3-1-2-4-12(9)17/h1-6,10H,7-8,16H2. The van der Waals surface area contributed by atoms with E-state index in [4.69, 9.17) is 10.2 Å². The lowest BCUT2D eigenvalue weighted by atomic mass is 9.98. The lowest BCUT2D eigenvalue weighted by Gasteiger charge is -2.32. The third kappa shape index (κ3) is 2.19. The fourth-order valence-corrected chi connectivity index (χ4v) is 2.82. The maximum Gasteiger partial charge on any atom is 0.262 e. The van der Waals surface area contributed by atoms with E-state index in [0.717, 1.165) is 17.7 Å². The van der Waals surface area contributed by atoms with E-state index in [1.54, 1.807) is 11.0 Å². The fraction of sp³-hybridized carbons (Fsp3) is 0.214. The van der Waals surface area contributed by atoms with Crippen LogP contribution in [0.1, 0.15) is 15.9 Å². The summed E-state index contributed by atoms with van der Waals surface area (Å²) >= 11 is 3.24. The van der Waals surface area contributed by atoms with Gasteiger partial charge in [0.1, 0.15) is 0 Å². The van der Waals surface area contributed by atoms with E-state index in [0.29, 0.717) is 16.8 Å². The van der Waals surface area contributed by atoms with Gasteiger partial charge in [-0.1, -0.05) is 18.2 Å². The van der Waals surface area contributed by atoms with E-state index in [9.17, 15) is 4.79 Å². The number of hydrogen-bond donors (Lipinski definition) is 1. The largest absolute Gasteiger partial charge is 0.457 e. The van der Waals surface area contributed by atoms with Gasteiger partial charge in [-0.2, -0.15) is 0 Å². The number of carbonyl (C=O) groups is 1. The molecule has 1 amide bonds. The van der Waals surface area contributed by atoms with Crippen molar-refractivity contribution in [1.82, 2.24) is 0 Å². The Kier molecular flexibility index (Phi) is 3.16. The first-order valence-corrected chi connectivity index (χ1v) is 6.84. The molecule has 0 spiro atoms. The number of fused-ring (bicyclic) bond motifs is 1. The molecule has 0 fully saturated rings. The van der Waals surface area contributed by atoms with E-state index >= 15 is 0 Å². The predicted molar refractivity (Wildman–Crippen MR) is 76.2 cm³/mol. The Morgan fingerprint density at radius 2 is 2.16 bits per heavy atom. The maximum atomic E-state index is 12.6. The van der Waals surface area contributed by atoms with Crippen molar-refractivity contribution in [2.24, 2.45) is 5.73 Å². The van der Waals surface area contributed by atoms with Crippen LogP contribution in [-0.2, 0) is 6.42 Å². The van der Waals surface area contributed by atoms with Crippen LogP contribution in [0.25, 0.3) is 0 Å². The van der Waals surface area contributed by atoms with Gasteiger partial charge in [0, 0.05) is 18.3 Å². The first-order chi connectivity index (χ1) is 9.16. The molecule has 2 heterocycles. The average Bonchev–Trinajstić information content (AvgIpc) is 2.83. The molecule has 1 aromatic carbocycles. The summed E-state index contributed by atoms with van der Waals surface area (Å²) in [6.07, 6.45) is 2.29. The number of rotatable bonds is 1. The summed E-state index contributed by atoms with van der Waals surface area (Å²) < 4.78 is 5.58. The minimum atomic E-state index is -0.0942. The Morgan fingerprint density at radius 1 is 1.37 bits per heavy atom. The van der Waals surface area contributed by atoms with Crippen molar-refractivity contribution in [3.05, 3.63) is 52.4 Å².